The van der Waals surface area contributed by atoms with Crippen LogP contribution in [0.5, 0.6) is 17.2 Å². The Balaban J connectivity index is 1.53. The molecule has 0 radical (unpaired) electrons. The summed E-state index contributed by atoms with van der Waals surface area (Å²) in [7, 11) is 3.01. The highest BCUT2D eigenvalue weighted by atomic mass is 16.6. The second-order valence-electron chi connectivity index (χ2n) is 6.73. The van der Waals surface area contributed by atoms with Gasteiger partial charge in [0.25, 0.3) is 0 Å². The fourth-order valence-electron chi connectivity index (χ4n) is 3.07. The normalized spacial score (nSPS) is 14.0. The van der Waals surface area contributed by atoms with Crippen LogP contribution in [0.25, 0.3) is 6.08 Å². The van der Waals surface area contributed by atoms with E-state index in [1.165, 1.54) is 14.2 Å². The molecule has 3 aromatic carbocycles. The summed E-state index contributed by atoms with van der Waals surface area (Å²) in [6.45, 7) is 0. The Morgan fingerprint density at radius 2 is 1.69 bits per heavy atom. The maximum atomic E-state index is 12.6. The summed E-state index contributed by atoms with van der Waals surface area (Å²) < 4.78 is 21.1. The number of ether oxygens (including phenoxy) is 4. The first kappa shape index (κ1) is 20.9. The topological polar surface area (TPSA) is 83.4 Å². The molecule has 7 heteroatoms. The minimum atomic E-state index is -0.555. The molecule has 1 aliphatic rings. The number of methoxy groups -OCH3 is 2. The molecule has 1 aliphatic heterocycles. The fraction of sp³-hybridized carbons (Fsp3) is 0.0800. The molecule has 7 nitrogen and oxygen atoms in total. The van der Waals surface area contributed by atoms with Gasteiger partial charge in [0.1, 0.15) is 5.75 Å². The van der Waals surface area contributed by atoms with Crippen LogP contribution in [0.3, 0.4) is 0 Å². The third-order valence-corrected chi connectivity index (χ3v) is 4.63. The Bertz CT molecular complexity index is 1230. The van der Waals surface area contributed by atoms with Gasteiger partial charge in [-0.05, 0) is 54.1 Å². The summed E-state index contributed by atoms with van der Waals surface area (Å²) in [6, 6.07) is 20.7. The molecule has 0 amide bonds. The highest BCUT2D eigenvalue weighted by molar-refractivity contribution is 6.12. The predicted octanol–water partition coefficient (Wildman–Crippen LogP) is 4.27. The Morgan fingerprint density at radius 1 is 0.906 bits per heavy atom. The number of nitrogens with zero attached hydrogens (tertiary/aromatic N) is 1. The van der Waals surface area contributed by atoms with Gasteiger partial charge in [-0.1, -0.05) is 30.3 Å². The number of benzene rings is 3. The molecule has 32 heavy (non-hydrogen) atoms. The standard InChI is InChI=1S/C25H19NO6/c1-29-21-12-11-18(15-22(21)30-2)24(27)31-19-10-6-7-16(13-19)14-20-25(28)32-23(26-20)17-8-4-3-5-9-17/h3-15H,1-2H3/b20-14+. The van der Waals surface area contributed by atoms with Crippen molar-refractivity contribution < 1.29 is 28.5 Å². The van der Waals surface area contributed by atoms with Crippen LogP contribution in [0.15, 0.2) is 83.5 Å². The first-order valence-corrected chi connectivity index (χ1v) is 9.69. The molecular formula is C25H19NO6. The quantitative estimate of drug-likeness (QED) is 0.331. The lowest BCUT2D eigenvalue weighted by Crippen LogP contribution is -2.09. The molecule has 4 rings (SSSR count). The van der Waals surface area contributed by atoms with E-state index in [1.54, 1.807) is 48.5 Å². The van der Waals surface area contributed by atoms with Gasteiger partial charge in [-0.15, -0.1) is 0 Å². The van der Waals surface area contributed by atoms with E-state index in [4.69, 9.17) is 18.9 Å². The lowest BCUT2D eigenvalue weighted by Gasteiger charge is -2.09. The van der Waals surface area contributed by atoms with Gasteiger partial charge in [-0.2, -0.15) is 0 Å². The molecule has 0 spiro atoms. The lowest BCUT2D eigenvalue weighted by atomic mass is 10.1. The van der Waals surface area contributed by atoms with Crippen LogP contribution in [-0.2, 0) is 9.53 Å². The third-order valence-electron chi connectivity index (χ3n) is 4.63. The number of carbonyl (C=O) groups is 2. The molecule has 0 saturated carbocycles. The van der Waals surface area contributed by atoms with Gasteiger partial charge in [0, 0.05) is 5.56 Å². The van der Waals surface area contributed by atoms with Crippen molar-refractivity contribution in [3.63, 3.8) is 0 Å². The average molecular weight is 429 g/mol. The largest absolute Gasteiger partial charge is 0.493 e. The molecule has 0 aromatic heterocycles. The van der Waals surface area contributed by atoms with Gasteiger partial charge in [-0.3, -0.25) is 0 Å². The van der Waals surface area contributed by atoms with Gasteiger partial charge in [0.15, 0.2) is 17.2 Å². The number of esters is 2. The molecule has 3 aromatic rings. The smallest absolute Gasteiger partial charge is 0.363 e. The average Bonchev–Trinajstić information content (AvgIpc) is 3.19. The minimum absolute atomic E-state index is 0.159. The third kappa shape index (κ3) is 4.52. The SMILES string of the molecule is COc1ccc(C(=O)Oc2cccc(/C=C3/N=C(c4ccccc4)OC3=O)c2)cc1OC. The number of aliphatic imine (C=N–C) groups is 1. The molecule has 0 bridgehead atoms. The van der Waals surface area contributed by atoms with E-state index in [2.05, 4.69) is 4.99 Å². The van der Waals surface area contributed by atoms with Gasteiger partial charge in [0.2, 0.25) is 5.90 Å². The van der Waals surface area contributed by atoms with E-state index < -0.39 is 11.9 Å². The van der Waals surface area contributed by atoms with E-state index in [9.17, 15) is 9.59 Å². The Hall–Kier alpha value is -4.39. The number of carbonyl (C=O) groups excluding carboxylic acids is 2. The van der Waals surface area contributed by atoms with Crippen LogP contribution in [0.4, 0.5) is 0 Å². The van der Waals surface area contributed by atoms with Crippen molar-refractivity contribution in [1.82, 2.24) is 0 Å². The maximum Gasteiger partial charge on any atom is 0.363 e. The van der Waals surface area contributed by atoms with Crippen molar-refractivity contribution in [2.45, 2.75) is 0 Å². The zero-order valence-corrected chi connectivity index (χ0v) is 17.4. The second-order valence-corrected chi connectivity index (χ2v) is 6.73. The van der Waals surface area contributed by atoms with E-state index in [0.717, 1.165) is 0 Å². The number of hydrogen-bond donors (Lipinski definition) is 0. The highest BCUT2D eigenvalue weighted by Crippen LogP contribution is 2.28. The molecule has 0 fully saturated rings. The summed E-state index contributed by atoms with van der Waals surface area (Å²) in [6.07, 6.45) is 1.58. The van der Waals surface area contributed by atoms with E-state index in [1.807, 2.05) is 30.3 Å². The molecule has 0 unspecified atom stereocenters. The van der Waals surface area contributed by atoms with Crippen molar-refractivity contribution in [2.24, 2.45) is 4.99 Å². The van der Waals surface area contributed by atoms with Crippen molar-refractivity contribution in [1.29, 1.82) is 0 Å². The molecule has 1 heterocycles. The number of hydrogen-bond acceptors (Lipinski definition) is 7. The molecule has 160 valence electrons. The molecule has 0 N–H and O–H groups in total. The minimum Gasteiger partial charge on any atom is -0.493 e. The second kappa shape index (κ2) is 9.18. The van der Waals surface area contributed by atoms with Crippen LogP contribution in [0.1, 0.15) is 21.5 Å². The Kier molecular flexibility index (Phi) is 5.98. The monoisotopic (exact) mass is 429 g/mol. The van der Waals surface area contributed by atoms with Crippen LogP contribution in [0.2, 0.25) is 0 Å². The van der Waals surface area contributed by atoms with E-state index in [0.29, 0.717) is 33.9 Å². The molecule has 0 saturated heterocycles. The van der Waals surface area contributed by atoms with Gasteiger partial charge in [-0.25, -0.2) is 14.6 Å². The summed E-state index contributed by atoms with van der Waals surface area (Å²) in [5.41, 5.74) is 1.81. The van der Waals surface area contributed by atoms with Crippen molar-refractivity contribution in [3.8, 4) is 17.2 Å². The number of rotatable bonds is 6. The number of cyclic esters (lactones) is 1. The van der Waals surface area contributed by atoms with Crippen LogP contribution in [0, 0.1) is 0 Å². The molecule has 0 aliphatic carbocycles. The molecule has 0 atom stereocenters. The van der Waals surface area contributed by atoms with Crippen LogP contribution in [-0.4, -0.2) is 32.1 Å². The van der Waals surface area contributed by atoms with E-state index >= 15 is 0 Å². The Morgan fingerprint density at radius 3 is 2.44 bits per heavy atom. The van der Waals surface area contributed by atoms with Crippen LogP contribution < -0.4 is 14.2 Å². The van der Waals surface area contributed by atoms with Gasteiger partial charge < -0.3 is 18.9 Å². The predicted molar refractivity (Wildman–Crippen MR) is 118 cm³/mol. The Labute approximate surface area is 184 Å². The van der Waals surface area contributed by atoms with Gasteiger partial charge in [0.05, 0.1) is 19.8 Å². The zero-order chi connectivity index (χ0) is 22.5. The summed E-state index contributed by atoms with van der Waals surface area (Å²) >= 11 is 0. The van der Waals surface area contributed by atoms with Crippen molar-refractivity contribution in [2.75, 3.05) is 14.2 Å². The maximum absolute atomic E-state index is 12.6. The van der Waals surface area contributed by atoms with Crippen molar-refractivity contribution in [3.05, 3.63) is 95.2 Å². The first-order chi connectivity index (χ1) is 15.6. The summed E-state index contributed by atoms with van der Waals surface area (Å²) in [5, 5.41) is 0. The van der Waals surface area contributed by atoms with Crippen molar-refractivity contribution >= 4 is 23.9 Å². The summed E-state index contributed by atoms with van der Waals surface area (Å²) in [4.78, 5) is 29.1. The van der Waals surface area contributed by atoms with Gasteiger partial charge >= 0.3 is 11.9 Å². The fourth-order valence-corrected chi connectivity index (χ4v) is 3.07. The summed E-state index contributed by atoms with van der Waals surface area (Å²) in [5.74, 6) is 0.399. The lowest BCUT2D eigenvalue weighted by molar-refractivity contribution is -0.129. The van der Waals surface area contributed by atoms with Crippen LogP contribution >= 0.6 is 0 Å². The van der Waals surface area contributed by atoms with E-state index in [-0.39, 0.29) is 11.6 Å². The highest BCUT2D eigenvalue weighted by Gasteiger charge is 2.24. The molecular weight excluding hydrogens is 410 g/mol. The zero-order valence-electron chi connectivity index (χ0n) is 17.4. The first-order valence-electron chi connectivity index (χ1n) is 9.69.